The molecule has 3 nitrogen and oxygen atoms in total. The number of aryl methyl sites for hydroxylation is 1. The van der Waals surface area contributed by atoms with Gasteiger partial charge in [0, 0.05) is 17.9 Å². The van der Waals surface area contributed by atoms with Gasteiger partial charge in [-0.1, -0.05) is 12.1 Å². The van der Waals surface area contributed by atoms with Crippen LogP contribution in [-0.4, -0.2) is 15.6 Å². The Morgan fingerprint density at radius 3 is 2.39 bits per heavy atom. The van der Waals surface area contributed by atoms with E-state index in [1.54, 1.807) is 25.1 Å². The van der Waals surface area contributed by atoms with E-state index in [2.05, 4.69) is 0 Å². The maximum absolute atomic E-state index is 12.8. The molecular weight excluding hydrogens is 233 g/mol. The number of rotatable bonds is 3. The average Bonchev–Trinajstić information content (AvgIpc) is 2.60. The second-order valence-electron chi connectivity index (χ2n) is 4.30. The molecule has 0 aliphatic carbocycles. The summed E-state index contributed by atoms with van der Waals surface area (Å²) in [7, 11) is 0. The molecule has 0 saturated heterocycles. The molecule has 0 aliphatic rings. The van der Waals surface area contributed by atoms with Crippen LogP contribution in [0.25, 0.3) is 0 Å². The smallest absolute Gasteiger partial charge is 0.337 e. The van der Waals surface area contributed by atoms with Crippen molar-refractivity contribution in [1.29, 1.82) is 0 Å². The number of nitrogens with zero attached hydrogens (tertiary/aromatic N) is 1. The number of hydrogen-bond donors (Lipinski definition) is 1. The fraction of sp³-hybridized carbons (Fsp3) is 0.214. The number of halogens is 1. The van der Waals surface area contributed by atoms with Gasteiger partial charge in [0.15, 0.2) is 0 Å². The van der Waals surface area contributed by atoms with Gasteiger partial charge in [-0.25, -0.2) is 9.18 Å². The molecule has 1 N–H and O–H groups in total. The predicted octanol–water partition coefficient (Wildman–Crippen LogP) is 2.99. The Kier molecular flexibility index (Phi) is 3.19. The number of hydrogen-bond acceptors (Lipinski definition) is 1. The molecule has 0 aliphatic heterocycles. The fourth-order valence-corrected chi connectivity index (χ4v) is 2.03. The molecule has 0 unspecified atom stereocenters. The lowest BCUT2D eigenvalue weighted by atomic mass is 10.2. The number of carbonyl (C=O) groups is 1. The highest BCUT2D eigenvalue weighted by Crippen LogP contribution is 2.17. The first-order chi connectivity index (χ1) is 8.49. The molecule has 0 radical (unpaired) electrons. The number of aromatic nitrogens is 1. The lowest BCUT2D eigenvalue weighted by Crippen LogP contribution is -2.05. The Hall–Kier alpha value is -2.10. The molecule has 0 fully saturated rings. The van der Waals surface area contributed by atoms with Crippen molar-refractivity contribution >= 4 is 5.97 Å². The lowest BCUT2D eigenvalue weighted by Gasteiger charge is -2.09. The minimum absolute atomic E-state index is 0.272. The topological polar surface area (TPSA) is 42.2 Å². The molecule has 0 saturated carbocycles. The predicted molar refractivity (Wildman–Crippen MR) is 66.4 cm³/mol. The van der Waals surface area contributed by atoms with Gasteiger partial charge in [0.05, 0.1) is 5.56 Å². The summed E-state index contributed by atoms with van der Waals surface area (Å²) in [5, 5.41) is 9.04. The first-order valence-corrected chi connectivity index (χ1v) is 5.63. The lowest BCUT2D eigenvalue weighted by molar-refractivity contribution is 0.0696. The highest BCUT2D eigenvalue weighted by Gasteiger charge is 2.14. The summed E-state index contributed by atoms with van der Waals surface area (Å²) in [5.41, 5.74) is 2.85. The maximum atomic E-state index is 12.8. The summed E-state index contributed by atoms with van der Waals surface area (Å²) in [4.78, 5) is 11.0. The van der Waals surface area contributed by atoms with Gasteiger partial charge in [-0.2, -0.15) is 0 Å². The highest BCUT2D eigenvalue weighted by molar-refractivity contribution is 5.89. The van der Waals surface area contributed by atoms with Crippen LogP contribution >= 0.6 is 0 Å². The first kappa shape index (κ1) is 12.4. The average molecular weight is 247 g/mol. The van der Waals surface area contributed by atoms with Crippen LogP contribution in [0.4, 0.5) is 4.39 Å². The summed E-state index contributed by atoms with van der Waals surface area (Å²) < 4.78 is 14.7. The van der Waals surface area contributed by atoms with Crippen molar-refractivity contribution in [2.75, 3.05) is 0 Å². The minimum Gasteiger partial charge on any atom is -0.478 e. The van der Waals surface area contributed by atoms with Crippen molar-refractivity contribution in [3.63, 3.8) is 0 Å². The third-order valence-corrected chi connectivity index (χ3v) is 3.06. The van der Waals surface area contributed by atoms with Crippen LogP contribution in [0.1, 0.15) is 27.3 Å². The zero-order valence-electron chi connectivity index (χ0n) is 10.3. The first-order valence-electron chi connectivity index (χ1n) is 5.63. The summed E-state index contributed by atoms with van der Waals surface area (Å²) in [6, 6.07) is 7.87. The van der Waals surface area contributed by atoms with E-state index in [0.29, 0.717) is 17.8 Å². The van der Waals surface area contributed by atoms with Gasteiger partial charge in [-0.3, -0.25) is 0 Å². The van der Waals surface area contributed by atoms with E-state index in [4.69, 9.17) is 5.11 Å². The van der Waals surface area contributed by atoms with Crippen LogP contribution in [-0.2, 0) is 6.54 Å². The molecule has 0 atom stereocenters. The van der Waals surface area contributed by atoms with Crippen molar-refractivity contribution < 1.29 is 14.3 Å². The molecule has 4 heteroatoms. The molecule has 1 aromatic carbocycles. The molecule has 18 heavy (non-hydrogen) atoms. The molecule has 2 aromatic rings. The van der Waals surface area contributed by atoms with Crippen molar-refractivity contribution in [1.82, 2.24) is 4.57 Å². The van der Waals surface area contributed by atoms with Gasteiger partial charge in [0.25, 0.3) is 0 Å². The van der Waals surface area contributed by atoms with Crippen LogP contribution in [0.3, 0.4) is 0 Å². The standard InChI is InChI=1S/C14H14FNO2/c1-9-7-13(14(17)18)10(2)16(9)8-11-3-5-12(15)6-4-11/h3-7H,8H2,1-2H3,(H,17,18). The van der Waals surface area contributed by atoms with Crippen LogP contribution in [0.5, 0.6) is 0 Å². The van der Waals surface area contributed by atoms with E-state index in [1.807, 2.05) is 11.5 Å². The Bertz CT molecular complexity index is 585. The molecule has 2 rings (SSSR count). The Morgan fingerprint density at radius 1 is 1.28 bits per heavy atom. The van der Waals surface area contributed by atoms with Crippen molar-refractivity contribution in [2.45, 2.75) is 20.4 Å². The van der Waals surface area contributed by atoms with E-state index in [-0.39, 0.29) is 5.82 Å². The molecule has 1 heterocycles. The molecule has 0 amide bonds. The molecular formula is C14H14FNO2. The van der Waals surface area contributed by atoms with E-state index in [0.717, 1.165) is 11.3 Å². The van der Waals surface area contributed by atoms with Gasteiger partial charge in [-0.05, 0) is 37.6 Å². The fourth-order valence-electron chi connectivity index (χ4n) is 2.03. The Labute approximate surface area is 104 Å². The van der Waals surface area contributed by atoms with Gasteiger partial charge in [0.1, 0.15) is 5.82 Å². The zero-order valence-corrected chi connectivity index (χ0v) is 10.3. The van der Waals surface area contributed by atoms with Crippen molar-refractivity contribution in [2.24, 2.45) is 0 Å². The SMILES string of the molecule is Cc1cc(C(=O)O)c(C)n1Cc1ccc(F)cc1. The number of benzene rings is 1. The van der Waals surface area contributed by atoms with Crippen LogP contribution in [0.2, 0.25) is 0 Å². The maximum Gasteiger partial charge on any atom is 0.337 e. The molecule has 0 spiro atoms. The third kappa shape index (κ3) is 2.27. The van der Waals surface area contributed by atoms with Crippen LogP contribution in [0.15, 0.2) is 30.3 Å². The normalized spacial score (nSPS) is 10.6. The quantitative estimate of drug-likeness (QED) is 0.906. The summed E-state index contributed by atoms with van der Waals surface area (Å²) in [6.07, 6.45) is 0. The van der Waals surface area contributed by atoms with Gasteiger partial charge in [0.2, 0.25) is 0 Å². The monoisotopic (exact) mass is 247 g/mol. The molecule has 94 valence electrons. The van der Waals surface area contributed by atoms with Crippen LogP contribution < -0.4 is 0 Å². The Balaban J connectivity index is 2.34. The Morgan fingerprint density at radius 2 is 1.89 bits per heavy atom. The second-order valence-corrected chi connectivity index (χ2v) is 4.30. The summed E-state index contributed by atoms with van der Waals surface area (Å²) in [5.74, 6) is -1.20. The van der Waals surface area contributed by atoms with Gasteiger partial charge < -0.3 is 9.67 Å². The van der Waals surface area contributed by atoms with Gasteiger partial charge >= 0.3 is 5.97 Å². The van der Waals surface area contributed by atoms with E-state index < -0.39 is 5.97 Å². The summed E-state index contributed by atoms with van der Waals surface area (Å²) in [6.45, 7) is 4.19. The largest absolute Gasteiger partial charge is 0.478 e. The van der Waals surface area contributed by atoms with Crippen molar-refractivity contribution in [3.05, 3.63) is 58.7 Å². The second kappa shape index (κ2) is 4.64. The minimum atomic E-state index is -0.923. The van der Waals surface area contributed by atoms with Gasteiger partial charge in [-0.15, -0.1) is 0 Å². The number of carboxylic acid groups (broad SMARTS) is 1. The number of carboxylic acids is 1. The van der Waals surface area contributed by atoms with E-state index in [1.165, 1.54) is 12.1 Å². The molecule has 0 bridgehead atoms. The number of aromatic carboxylic acids is 1. The van der Waals surface area contributed by atoms with E-state index in [9.17, 15) is 9.18 Å². The highest BCUT2D eigenvalue weighted by atomic mass is 19.1. The van der Waals surface area contributed by atoms with Crippen LogP contribution in [0, 0.1) is 19.7 Å². The van der Waals surface area contributed by atoms with E-state index >= 15 is 0 Å². The zero-order chi connectivity index (χ0) is 13.3. The van der Waals surface area contributed by atoms with Crippen molar-refractivity contribution in [3.8, 4) is 0 Å². The third-order valence-electron chi connectivity index (χ3n) is 3.06. The summed E-state index contributed by atoms with van der Waals surface area (Å²) >= 11 is 0. The molecule has 1 aromatic heterocycles.